The van der Waals surface area contributed by atoms with Crippen LogP contribution in [-0.4, -0.2) is 12.8 Å². The highest BCUT2D eigenvalue weighted by atomic mass is 35.5. The summed E-state index contributed by atoms with van der Waals surface area (Å²) in [5.41, 5.74) is 6.53. The van der Waals surface area contributed by atoms with Gasteiger partial charge in [0.1, 0.15) is 5.75 Å². The van der Waals surface area contributed by atoms with Crippen LogP contribution in [0.1, 0.15) is 31.4 Å². The topological polar surface area (TPSA) is 35.2 Å². The first-order valence-corrected chi connectivity index (χ1v) is 5.92. The van der Waals surface area contributed by atoms with E-state index in [-0.39, 0.29) is 19.1 Å². The van der Waals surface area contributed by atoms with Gasteiger partial charge >= 0.3 is 6.18 Å². The van der Waals surface area contributed by atoms with Crippen molar-refractivity contribution >= 4 is 11.6 Å². The van der Waals surface area contributed by atoms with Gasteiger partial charge in [-0.1, -0.05) is 17.7 Å². The average Bonchev–Trinajstić information content (AvgIpc) is 2.24. The molecule has 102 valence electrons. The number of nitrogens with two attached hydrogens (primary N) is 1. The zero-order valence-electron chi connectivity index (χ0n) is 9.93. The molecule has 2 N–H and O–H groups in total. The van der Waals surface area contributed by atoms with Crippen LogP contribution in [0.2, 0.25) is 5.02 Å². The second-order valence-electron chi connectivity index (χ2n) is 4.05. The largest absolute Gasteiger partial charge is 0.492 e. The lowest BCUT2D eigenvalue weighted by Gasteiger charge is -2.11. The van der Waals surface area contributed by atoms with E-state index in [0.717, 1.165) is 5.56 Å². The van der Waals surface area contributed by atoms with Gasteiger partial charge in [-0.05, 0) is 31.0 Å². The summed E-state index contributed by atoms with van der Waals surface area (Å²) in [5, 5.41) is 0.358. The third-order valence-electron chi connectivity index (χ3n) is 2.34. The van der Waals surface area contributed by atoms with Gasteiger partial charge in [0.2, 0.25) is 0 Å². The molecule has 1 aromatic rings. The van der Waals surface area contributed by atoms with E-state index in [1.54, 1.807) is 18.2 Å². The lowest BCUT2D eigenvalue weighted by atomic mass is 10.1. The van der Waals surface area contributed by atoms with Crippen molar-refractivity contribution in [2.45, 2.75) is 32.0 Å². The number of benzene rings is 1. The fraction of sp³-hybridized carbons (Fsp3) is 0.500. The molecule has 1 atom stereocenters. The predicted octanol–water partition coefficient (Wildman–Crippen LogP) is 4.08. The molecule has 0 aliphatic heterocycles. The number of hydrogen-bond donors (Lipinski definition) is 1. The van der Waals surface area contributed by atoms with Gasteiger partial charge in [0.05, 0.1) is 11.6 Å². The van der Waals surface area contributed by atoms with E-state index in [1.807, 2.05) is 6.92 Å². The summed E-state index contributed by atoms with van der Waals surface area (Å²) >= 11 is 5.94. The van der Waals surface area contributed by atoms with Crippen LogP contribution in [0.3, 0.4) is 0 Å². The Morgan fingerprint density at radius 3 is 2.56 bits per heavy atom. The second kappa shape index (κ2) is 6.29. The predicted molar refractivity (Wildman–Crippen MR) is 64.8 cm³/mol. The van der Waals surface area contributed by atoms with Crippen LogP contribution in [0.4, 0.5) is 13.2 Å². The Balaban J connectivity index is 2.48. The fourth-order valence-corrected chi connectivity index (χ4v) is 1.62. The number of alkyl halides is 3. The Morgan fingerprint density at radius 1 is 1.39 bits per heavy atom. The van der Waals surface area contributed by atoms with Gasteiger partial charge in [0.15, 0.2) is 0 Å². The fourth-order valence-electron chi connectivity index (χ4n) is 1.37. The lowest BCUT2D eigenvalue weighted by molar-refractivity contribution is -0.136. The number of hydrogen-bond acceptors (Lipinski definition) is 2. The van der Waals surface area contributed by atoms with Crippen molar-refractivity contribution in [2.24, 2.45) is 5.73 Å². The number of halogens is 4. The van der Waals surface area contributed by atoms with Crippen LogP contribution in [0.15, 0.2) is 18.2 Å². The smallest absolute Gasteiger partial charge is 0.389 e. The normalized spacial score (nSPS) is 13.4. The van der Waals surface area contributed by atoms with Crippen molar-refractivity contribution in [1.29, 1.82) is 0 Å². The minimum Gasteiger partial charge on any atom is -0.492 e. The minimum absolute atomic E-state index is 0.0171. The molecule has 18 heavy (non-hydrogen) atoms. The minimum atomic E-state index is -4.15. The molecule has 0 aliphatic rings. The van der Waals surface area contributed by atoms with Crippen LogP contribution in [0.25, 0.3) is 0 Å². The first kappa shape index (κ1) is 15.1. The third kappa shape index (κ3) is 5.14. The summed E-state index contributed by atoms with van der Waals surface area (Å²) in [6.45, 7) is 1.80. The SMILES string of the molecule is CC(N)c1ccc(OCCCC(F)(F)F)c(Cl)c1. The van der Waals surface area contributed by atoms with E-state index in [0.29, 0.717) is 10.8 Å². The zero-order valence-corrected chi connectivity index (χ0v) is 10.7. The zero-order chi connectivity index (χ0) is 13.8. The van der Waals surface area contributed by atoms with E-state index in [2.05, 4.69) is 0 Å². The van der Waals surface area contributed by atoms with Crippen molar-refractivity contribution in [3.63, 3.8) is 0 Å². The average molecular weight is 282 g/mol. The Labute approximate surface area is 109 Å². The molecule has 6 heteroatoms. The maximum Gasteiger partial charge on any atom is 0.389 e. The first-order chi connectivity index (χ1) is 8.29. The molecule has 2 nitrogen and oxygen atoms in total. The summed E-state index contributed by atoms with van der Waals surface area (Å²) in [5.74, 6) is 0.378. The van der Waals surface area contributed by atoms with E-state index in [4.69, 9.17) is 22.1 Å². The molecular formula is C12H15ClF3NO. The van der Waals surface area contributed by atoms with Crippen LogP contribution >= 0.6 is 11.6 Å². The number of rotatable bonds is 5. The Morgan fingerprint density at radius 2 is 2.06 bits per heavy atom. The quantitative estimate of drug-likeness (QED) is 0.825. The van der Waals surface area contributed by atoms with E-state index in [9.17, 15) is 13.2 Å². The molecule has 0 aliphatic carbocycles. The van der Waals surface area contributed by atoms with Gasteiger partial charge in [-0.25, -0.2) is 0 Å². The van der Waals surface area contributed by atoms with E-state index < -0.39 is 12.6 Å². The summed E-state index contributed by atoms with van der Waals surface area (Å²) in [6, 6.07) is 4.87. The maximum absolute atomic E-state index is 11.9. The van der Waals surface area contributed by atoms with Crippen LogP contribution < -0.4 is 10.5 Å². The summed E-state index contributed by atoms with van der Waals surface area (Å²) in [4.78, 5) is 0. The van der Waals surface area contributed by atoms with E-state index in [1.165, 1.54) is 0 Å². The molecule has 0 saturated heterocycles. The van der Waals surface area contributed by atoms with Gasteiger partial charge < -0.3 is 10.5 Å². The van der Waals surface area contributed by atoms with E-state index >= 15 is 0 Å². The lowest BCUT2D eigenvalue weighted by Crippen LogP contribution is -2.10. The van der Waals surface area contributed by atoms with Crippen LogP contribution in [0, 0.1) is 0 Å². The molecule has 0 radical (unpaired) electrons. The van der Waals surface area contributed by atoms with Gasteiger partial charge in [0, 0.05) is 12.5 Å². The van der Waals surface area contributed by atoms with Gasteiger partial charge in [-0.2, -0.15) is 13.2 Å². The summed E-state index contributed by atoms with van der Waals surface area (Å²) < 4.78 is 40.9. The Kier molecular flexibility index (Phi) is 5.28. The highest BCUT2D eigenvalue weighted by molar-refractivity contribution is 6.32. The molecule has 0 heterocycles. The van der Waals surface area contributed by atoms with Crippen molar-refractivity contribution in [1.82, 2.24) is 0 Å². The molecule has 0 saturated carbocycles. The first-order valence-electron chi connectivity index (χ1n) is 5.54. The molecule has 0 fully saturated rings. The van der Waals surface area contributed by atoms with Gasteiger partial charge in [-0.3, -0.25) is 0 Å². The molecule has 1 unspecified atom stereocenters. The highest BCUT2D eigenvalue weighted by Crippen LogP contribution is 2.28. The number of ether oxygens (including phenoxy) is 1. The van der Waals surface area contributed by atoms with Crippen molar-refractivity contribution < 1.29 is 17.9 Å². The van der Waals surface area contributed by atoms with Crippen LogP contribution in [-0.2, 0) is 0 Å². The molecule has 0 aromatic heterocycles. The molecular weight excluding hydrogens is 267 g/mol. The third-order valence-corrected chi connectivity index (χ3v) is 2.64. The summed E-state index contributed by atoms with van der Waals surface area (Å²) in [6.07, 6.45) is -5.09. The van der Waals surface area contributed by atoms with Crippen LogP contribution in [0.5, 0.6) is 5.75 Å². The highest BCUT2D eigenvalue weighted by Gasteiger charge is 2.26. The maximum atomic E-state index is 11.9. The van der Waals surface area contributed by atoms with Crippen molar-refractivity contribution in [2.75, 3.05) is 6.61 Å². The molecule has 0 bridgehead atoms. The molecule has 0 spiro atoms. The second-order valence-corrected chi connectivity index (χ2v) is 4.45. The van der Waals surface area contributed by atoms with Crippen molar-refractivity contribution in [3.05, 3.63) is 28.8 Å². The standard InChI is InChI=1S/C12H15ClF3NO/c1-8(17)9-3-4-11(10(13)7-9)18-6-2-5-12(14,15)16/h3-4,7-8H,2,5-6,17H2,1H3. The molecule has 0 amide bonds. The van der Waals surface area contributed by atoms with Crippen molar-refractivity contribution in [3.8, 4) is 5.75 Å². The molecule has 1 aromatic carbocycles. The monoisotopic (exact) mass is 281 g/mol. The Hall–Kier alpha value is -0.940. The molecule has 1 rings (SSSR count). The van der Waals surface area contributed by atoms with Gasteiger partial charge in [-0.15, -0.1) is 0 Å². The van der Waals surface area contributed by atoms with Gasteiger partial charge in [0.25, 0.3) is 0 Å². The summed E-state index contributed by atoms with van der Waals surface area (Å²) in [7, 11) is 0. The Bertz CT molecular complexity index is 393.